The molecule has 0 aromatic rings. The molecule has 0 amide bonds. The van der Waals surface area contributed by atoms with E-state index in [1.54, 1.807) is 11.3 Å². The molecule has 1 heterocycles. The van der Waals surface area contributed by atoms with E-state index in [0.29, 0.717) is 16.7 Å². The van der Waals surface area contributed by atoms with E-state index in [9.17, 15) is 5.11 Å². The molecule has 148 valence electrons. The minimum atomic E-state index is -0.105. The lowest BCUT2D eigenvalue weighted by Gasteiger charge is -2.60. The van der Waals surface area contributed by atoms with Crippen molar-refractivity contribution in [2.45, 2.75) is 71.8 Å². The average molecular weight is 386 g/mol. The van der Waals surface area contributed by atoms with Gasteiger partial charge in [-0.3, -0.25) is 0 Å². The minimum Gasteiger partial charge on any atom is -0.393 e. The number of nitrogens with zero attached hydrogens (tertiary/aromatic N) is 1. The smallest absolute Gasteiger partial charge is 0.0720 e. The highest BCUT2D eigenvalue weighted by atomic mass is 32.2. The van der Waals surface area contributed by atoms with Crippen LogP contribution in [0.5, 0.6) is 0 Å². The first-order valence-electron chi connectivity index (χ1n) is 11.1. The molecule has 2 saturated carbocycles. The highest BCUT2D eigenvalue weighted by Crippen LogP contribution is 2.66. The molecule has 0 aromatic carbocycles. The standard InChI is InChI=1S/C24H35NOS/c1-4-16-13-17-14-18(26)7-9-23(17,2)20-8-10-24(3)19(22(16)20)5-6-21(24)25-11-12-27-15-25/h6,11-13,16,18-20,22,26H,4-5,7-10,14-15H2,1-3H3/t16?,18?,19-,20+,22-,23-,24-/m0/s1. The largest absolute Gasteiger partial charge is 0.393 e. The quantitative estimate of drug-likeness (QED) is 0.597. The van der Waals surface area contributed by atoms with E-state index < -0.39 is 0 Å². The van der Waals surface area contributed by atoms with Crippen LogP contribution < -0.4 is 0 Å². The predicted octanol–water partition coefficient (Wildman–Crippen LogP) is 5.92. The van der Waals surface area contributed by atoms with Gasteiger partial charge < -0.3 is 10.0 Å². The van der Waals surface area contributed by atoms with E-state index in [1.165, 1.54) is 32.1 Å². The van der Waals surface area contributed by atoms with Crippen LogP contribution in [-0.4, -0.2) is 22.0 Å². The number of fused-ring (bicyclic) bond motifs is 5. The van der Waals surface area contributed by atoms with Gasteiger partial charge in [0, 0.05) is 17.3 Å². The van der Waals surface area contributed by atoms with Crippen molar-refractivity contribution < 1.29 is 5.11 Å². The fourth-order valence-electron chi connectivity index (χ4n) is 7.62. The van der Waals surface area contributed by atoms with Crippen LogP contribution in [0.15, 0.2) is 35.0 Å². The lowest BCUT2D eigenvalue weighted by atomic mass is 9.45. The second kappa shape index (κ2) is 6.42. The van der Waals surface area contributed by atoms with Gasteiger partial charge >= 0.3 is 0 Å². The van der Waals surface area contributed by atoms with Crippen LogP contribution in [0.1, 0.15) is 65.7 Å². The molecule has 5 rings (SSSR count). The fourth-order valence-corrected chi connectivity index (χ4v) is 8.33. The second-order valence-electron chi connectivity index (χ2n) is 10.2. The van der Waals surface area contributed by atoms with Crippen molar-refractivity contribution in [3.63, 3.8) is 0 Å². The maximum Gasteiger partial charge on any atom is 0.0720 e. The molecule has 7 atom stereocenters. The number of thioether (sulfide) groups is 1. The summed E-state index contributed by atoms with van der Waals surface area (Å²) in [6, 6.07) is 0. The Balaban J connectivity index is 1.51. The Bertz CT molecular complexity index is 711. The molecule has 1 aliphatic heterocycles. The van der Waals surface area contributed by atoms with Gasteiger partial charge in [0.05, 0.1) is 12.0 Å². The van der Waals surface area contributed by atoms with Crippen molar-refractivity contribution in [2.75, 3.05) is 5.88 Å². The predicted molar refractivity (Wildman–Crippen MR) is 114 cm³/mol. The maximum atomic E-state index is 10.3. The van der Waals surface area contributed by atoms with Crippen LogP contribution in [0.3, 0.4) is 0 Å². The summed E-state index contributed by atoms with van der Waals surface area (Å²) in [5.41, 5.74) is 3.90. The Morgan fingerprint density at radius 3 is 2.74 bits per heavy atom. The van der Waals surface area contributed by atoms with Gasteiger partial charge in [-0.25, -0.2) is 0 Å². The lowest BCUT2D eigenvalue weighted by Crippen LogP contribution is -2.53. The SMILES string of the molecule is CCC1C=C2CC(O)CC[C@]2(C)[C@@H]2CC[C@]3(C)C(N4C=CSC4)=CC[C@H]3[C@H]12. The molecule has 0 bridgehead atoms. The second-order valence-corrected chi connectivity index (χ2v) is 11.1. The minimum absolute atomic E-state index is 0.105. The molecular formula is C24H35NOS. The summed E-state index contributed by atoms with van der Waals surface area (Å²) < 4.78 is 0. The Kier molecular flexibility index (Phi) is 4.37. The van der Waals surface area contributed by atoms with Crippen LogP contribution in [0.4, 0.5) is 0 Å². The highest BCUT2D eigenvalue weighted by Gasteiger charge is 2.59. The van der Waals surface area contributed by atoms with Gasteiger partial charge in [-0.05, 0) is 79.4 Å². The Morgan fingerprint density at radius 2 is 2.00 bits per heavy atom. The van der Waals surface area contributed by atoms with E-state index in [4.69, 9.17) is 0 Å². The molecule has 2 nitrogen and oxygen atoms in total. The van der Waals surface area contributed by atoms with Gasteiger partial charge in [0.1, 0.15) is 0 Å². The summed E-state index contributed by atoms with van der Waals surface area (Å²) in [5.74, 6) is 4.20. The molecule has 0 saturated heterocycles. The zero-order chi connectivity index (χ0) is 18.8. The Morgan fingerprint density at radius 1 is 1.19 bits per heavy atom. The number of rotatable bonds is 2. The zero-order valence-corrected chi connectivity index (χ0v) is 18.0. The van der Waals surface area contributed by atoms with Crippen molar-refractivity contribution >= 4 is 11.8 Å². The molecule has 0 radical (unpaired) electrons. The summed E-state index contributed by atoms with van der Waals surface area (Å²) in [4.78, 5) is 2.52. The van der Waals surface area contributed by atoms with Gasteiger partial charge in [0.25, 0.3) is 0 Å². The van der Waals surface area contributed by atoms with Crippen LogP contribution >= 0.6 is 11.8 Å². The maximum absolute atomic E-state index is 10.3. The molecule has 1 N–H and O–H groups in total. The third kappa shape index (κ3) is 2.56. The highest BCUT2D eigenvalue weighted by molar-refractivity contribution is 8.02. The molecule has 27 heavy (non-hydrogen) atoms. The van der Waals surface area contributed by atoms with Gasteiger partial charge in [-0.15, -0.1) is 11.8 Å². The van der Waals surface area contributed by atoms with Crippen molar-refractivity contribution in [1.82, 2.24) is 4.90 Å². The zero-order valence-electron chi connectivity index (χ0n) is 17.2. The number of aliphatic hydroxyl groups is 1. The fraction of sp³-hybridized carbons (Fsp3) is 0.750. The van der Waals surface area contributed by atoms with E-state index in [1.807, 2.05) is 11.8 Å². The third-order valence-electron chi connectivity index (χ3n) is 9.12. The first-order valence-corrected chi connectivity index (χ1v) is 12.2. The van der Waals surface area contributed by atoms with Gasteiger partial charge in [-0.1, -0.05) is 38.5 Å². The summed E-state index contributed by atoms with van der Waals surface area (Å²) >= 11 is 1.92. The normalized spacial score (nSPS) is 48.6. The van der Waals surface area contributed by atoms with Crippen molar-refractivity contribution in [1.29, 1.82) is 0 Å². The molecule has 4 aliphatic carbocycles. The topological polar surface area (TPSA) is 23.5 Å². The first kappa shape index (κ1) is 18.4. The molecule has 0 aromatic heterocycles. The third-order valence-corrected chi connectivity index (χ3v) is 9.86. The summed E-state index contributed by atoms with van der Waals surface area (Å²) in [5, 5.41) is 12.6. The Labute approximate surface area is 169 Å². The van der Waals surface area contributed by atoms with E-state index in [0.717, 1.165) is 36.5 Å². The molecule has 3 heteroatoms. The number of hydrogen-bond acceptors (Lipinski definition) is 3. The van der Waals surface area contributed by atoms with E-state index >= 15 is 0 Å². The monoisotopic (exact) mass is 385 g/mol. The van der Waals surface area contributed by atoms with Crippen LogP contribution in [0.25, 0.3) is 0 Å². The van der Waals surface area contributed by atoms with Crippen LogP contribution in [0, 0.1) is 34.5 Å². The van der Waals surface area contributed by atoms with Crippen molar-refractivity contribution in [3.8, 4) is 0 Å². The molecular weight excluding hydrogens is 350 g/mol. The number of hydrogen-bond donors (Lipinski definition) is 1. The van der Waals surface area contributed by atoms with Gasteiger partial charge in [-0.2, -0.15) is 0 Å². The summed E-state index contributed by atoms with van der Waals surface area (Å²) in [7, 11) is 0. The molecule has 5 aliphatic rings. The number of aliphatic hydroxyl groups excluding tert-OH is 1. The Hall–Kier alpha value is -0.670. The summed E-state index contributed by atoms with van der Waals surface area (Å²) in [6.07, 6.45) is 15.7. The lowest BCUT2D eigenvalue weighted by molar-refractivity contribution is -0.0557. The van der Waals surface area contributed by atoms with E-state index in [2.05, 4.69) is 49.4 Å². The van der Waals surface area contributed by atoms with Crippen molar-refractivity contribution in [3.05, 3.63) is 35.0 Å². The van der Waals surface area contributed by atoms with Crippen LogP contribution in [0.2, 0.25) is 0 Å². The average Bonchev–Trinajstić information content (AvgIpc) is 3.28. The molecule has 2 fully saturated rings. The van der Waals surface area contributed by atoms with Crippen molar-refractivity contribution in [2.24, 2.45) is 34.5 Å². The first-order chi connectivity index (χ1) is 13.0. The number of allylic oxidation sites excluding steroid dienone is 3. The summed E-state index contributed by atoms with van der Waals surface area (Å²) in [6.45, 7) is 7.50. The molecule has 0 spiro atoms. The van der Waals surface area contributed by atoms with Gasteiger partial charge in [0.15, 0.2) is 0 Å². The van der Waals surface area contributed by atoms with Gasteiger partial charge in [0.2, 0.25) is 0 Å². The van der Waals surface area contributed by atoms with E-state index in [-0.39, 0.29) is 6.10 Å². The van der Waals surface area contributed by atoms with Crippen LogP contribution in [-0.2, 0) is 0 Å². The molecule has 2 unspecified atom stereocenters.